The maximum absolute atomic E-state index is 12.2. The number of amides is 1. The largest absolute Gasteiger partial charge is 0.376 e. The van der Waals surface area contributed by atoms with Crippen molar-refractivity contribution in [2.24, 2.45) is 7.05 Å². The van der Waals surface area contributed by atoms with Crippen molar-refractivity contribution >= 4 is 21.8 Å². The molecule has 110 valence electrons. The molecule has 0 atom stereocenters. The Morgan fingerprint density at radius 1 is 1.48 bits per heavy atom. The minimum absolute atomic E-state index is 0.112. The summed E-state index contributed by atoms with van der Waals surface area (Å²) in [6, 6.07) is 7.37. The molecule has 2 aromatic rings. The van der Waals surface area contributed by atoms with Gasteiger partial charge in [-0.15, -0.1) is 0 Å². The number of fused-ring (bicyclic) bond motifs is 1. The zero-order valence-electron chi connectivity index (χ0n) is 11.7. The van der Waals surface area contributed by atoms with Crippen LogP contribution in [0.4, 0.5) is 0 Å². The summed E-state index contributed by atoms with van der Waals surface area (Å²) in [5, 5.41) is 7.41. The molecule has 0 aliphatic carbocycles. The molecular weight excluding hydrogens is 334 g/mol. The molecule has 0 saturated heterocycles. The Labute approximate surface area is 131 Å². The molecular formula is C15H16BrN3O2. The van der Waals surface area contributed by atoms with Crippen LogP contribution in [0.3, 0.4) is 0 Å². The smallest absolute Gasteiger partial charge is 0.252 e. The highest BCUT2D eigenvalue weighted by atomic mass is 79.9. The van der Waals surface area contributed by atoms with Crippen molar-refractivity contribution in [2.75, 3.05) is 6.61 Å². The van der Waals surface area contributed by atoms with Crippen molar-refractivity contribution in [1.29, 1.82) is 0 Å². The molecule has 0 fully saturated rings. The molecule has 21 heavy (non-hydrogen) atoms. The van der Waals surface area contributed by atoms with E-state index in [0.29, 0.717) is 18.7 Å². The molecule has 1 N–H and O–H groups in total. The van der Waals surface area contributed by atoms with Gasteiger partial charge in [0, 0.05) is 29.2 Å². The van der Waals surface area contributed by atoms with Crippen LogP contribution in [0.2, 0.25) is 0 Å². The predicted molar refractivity (Wildman–Crippen MR) is 81.9 cm³/mol. The predicted octanol–water partition coefficient (Wildman–Crippen LogP) is 2.19. The van der Waals surface area contributed by atoms with E-state index >= 15 is 0 Å². The first kappa shape index (κ1) is 14.3. The van der Waals surface area contributed by atoms with Gasteiger partial charge in [0.25, 0.3) is 5.91 Å². The highest BCUT2D eigenvalue weighted by Crippen LogP contribution is 2.20. The zero-order valence-corrected chi connectivity index (χ0v) is 13.3. The van der Waals surface area contributed by atoms with Crippen molar-refractivity contribution in [1.82, 2.24) is 15.1 Å². The van der Waals surface area contributed by atoms with Gasteiger partial charge in [0.2, 0.25) is 0 Å². The number of hydrogen-bond acceptors (Lipinski definition) is 3. The molecule has 2 heterocycles. The summed E-state index contributed by atoms with van der Waals surface area (Å²) in [5.74, 6) is -0.112. The van der Waals surface area contributed by atoms with Gasteiger partial charge >= 0.3 is 0 Å². The molecule has 1 amide bonds. The van der Waals surface area contributed by atoms with Crippen LogP contribution in [0.1, 0.15) is 27.3 Å². The van der Waals surface area contributed by atoms with Gasteiger partial charge in [0.15, 0.2) is 0 Å². The van der Waals surface area contributed by atoms with E-state index < -0.39 is 0 Å². The fraction of sp³-hybridized carbons (Fsp3) is 0.333. The SMILES string of the molecule is Cn1nc(CNC(=O)c2ccccc2Br)c2c1CCOC2. The van der Waals surface area contributed by atoms with E-state index in [0.717, 1.165) is 28.8 Å². The first-order valence-electron chi connectivity index (χ1n) is 6.81. The van der Waals surface area contributed by atoms with Crippen LogP contribution < -0.4 is 5.32 Å². The van der Waals surface area contributed by atoms with E-state index in [1.807, 2.05) is 29.9 Å². The number of ether oxygens (including phenoxy) is 1. The molecule has 0 bridgehead atoms. The number of hydrogen-bond donors (Lipinski definition) is 1. The standard InChI is InChI=1S/C15H16BrN3O2/c1-19-14-6-7-21-9-11(14)13(18-19)8-17-15(20)10-4-2-3-5-12(10)16/h2-5H,6-9H2,1H3,(H,17,20). The Kier molecular flexibility index (Phi) is 4.07. The second kappa shape index (κ2) is 5.99. The Bertz CT molecular complexity index is 682. The maximum atomic E-state index is 12.2. The summed E-state index contributed by atoms with van der Waals surface area (Å²) in [6.07, 6.45) is 0.872. The molecule has 1 aliphatic rings. The third kappa shape index (κ3) is 2.87. The Morgan fingerprint density at radius 3 is 3.10 bits per heavy atom. The number of aryl methyl sites for hydroxylation is 1. The number of benzene rings is 1. The van der Waals surface area contributed by atoms with Crippen LogP contribution in [0.25, 0.3) is 0 Å². The van der Waals surface area contributed by atoms with Gasteiger partial charge in [0.1, 0.15) is 0 Å². The van der Waals surface area contributed by atoms with Crippen LogP contribution in [-0.4, -0.2) is 22.3 Å². The Balaban J connectivity index is 1.74. The number of aromatic nitrogens is 2. The molecule has 1 aliphatic heterocycles. The molecule has 6 heteroatoms. The summed E-state index contributed by atoms with van der Waals surface area (Å²) in [5.41, 5.74) is 3.81. The van der Waals surface area contributed by atoms with Crippen molar-refractivity contribution in [2.45, 2.75) is 19.6 Å². The van der Waals surface area contributed by atoms with Crippen LogP contribution in [0, 0.1) is 0 Å². The third-order valence-corrected chi connectivity index (χ3v) is 4.31. The molecule has 0 spiro atoms. The van der Waals surface area contributed by atoms with Crippen molar-refractivity contribution in [3.63, 3.8) is 0 Å². The van der Waals surface area contributed by atoms with Crippen LogP contribution >= 0.6 is 15.9 Å². The lowest BCUT2D eigenvalue weighted by molar-refractivity contribution is 0.0946. The van der Waals surface area contributed by atoms with E-state index in [1.165, 1.54) is 5.69 Å². The molecule has 0 unspecified atom stereocenters. The summed E-state index contributed by atoms with van der Waals surface area (Å²) >= 11 is 3.39. The number of carbonyl (C=O) groups excluding carboxylic acids is 1. The van der Waals surface area contributed by atoms with Gasteiger partial charge in [-0.25, -0.2) is 0 Å². The number of rotatable bonds is 3. The van der Waals surface area contributed by atoms with Gasteiger partial charge in [0.05, 0.1) is 31.0 Å². The second-order valence-corrected chi connectivity index (χ2v) is 5.81. The second-order valence-electron chi connectivity index (χ2n) is 4.96. The van der Waals surface area contributed by atoms with E-state index in [2.05, 4.69) is 26.3 Å². The molecule has 5 nitrogen and oxygen atoms in total. The van der Waals surface area contributed by atoms with Gasteiger partial charge in [-0.3, -0.25) is 9.48 Å². The quantitative estimate of drug-likeness (QED) is 0.923. The molecule has 3 rings (SSSR count). The molecule has 1 aromatic carbocycles. The fourth-order valence-electron chi connectivity index (χ4n) is 2.53. The van der Waals surface area contributed by atoms with Gasteiger partial charge in [-0.2, -0.15) is 5.10 Å². The fourth-order valence-corrected chi connectivity index (χ4v) is 3.00. The number of nitrogens with zero attached hydrogens (tertiary/aromatic N) is 2. The number of carbonyl (C=O) groups is 1. The van der Waals surface area contributed by atoms with E-state index in [9.17, 15) is 4.79 Å². The first-order chi connectivity index (χ1) is 10.2. The summed E-state index contributed by atoms with van der Waals surface area (Å²) < 4.78 is 8.16. The lowest BCUT2D eigenvalue weighted by Crippen LogP contribution is -2.24. The van der Waals surface area contributed by atoms with E-state index in [1.54, 1.807) is 6.07 Å². The monoisotopic (exact) mass is 349 g/mol. The Morgan fingerprint density at radius 2 is 2.29 bits per heavy atom. The lowest BCUT2D eigenvalue weighted by Gasteiger charge is -2.13. The summed E-state index contributed by atoms with van der Waals surface area (Å²) in [6.45, 7) is 1.71. The minimum Gasteiger partial charge on any atom is -0.376 e. The average Bonchev–Trinajstić information content (AvgIpc) is 2.82. The molecule has 0 saturated carbocycles. The molecule has 0 radical (unpaired) electrons. The first-order valence-corrected chi connectivity index (χ1v) is 7.60. The maximum Gasteiger partial charge on any atom is 0.252 e. The molecule has 1 aromatic heterocycles. The van der Waals surface area contributed by atoms with E-state index in [4.69, 9.17) is 4.74 Å². The van der Waals surface area contributed by atoms with E-state index in [-0.39, 0.29) is 5.91 Å². The van der Waals surface area contributed by atoms with Gasteiger partial charge in [-0.05, 0) is 28.1 Å². The third-order valence-electron chi connectivity index (χ3n) is 3.62. The topological polar surface area (TPSA) is 56.2 Å². The van der Waals surface area contributed by atoms with Crippen molar-refractivity contribution < 1.29 is 9.53 Å². The van der Waals surface area contributed by atoms with Crippen LogP contribution in [0.5, 0.6) is 0 Å². The summed E-state index contributed by atoms with van der Waals surface area (Å²) in [4.78, 5) is 12.2. The van der Waals surface area contributed by atoms with Crippen molar-refractivity contribution in [3.8, 4) is 0 Å². The number of halogens is 1. The number of nitrogens with one attached hydrogen (secondary N) is 1. The average molecular weight is 350 g/mol. The highest BCUT2D eigenvalue weighted by molar-refractivity contribution is 9.10. The summed E-state index contributed by atoms with van der Waals surface area (Å²) in [7, 11) is 1.93. The highest BCUT2D eigenvalue weighted by Gasteiger charge is 2.20. The van der Waals surface area contributed by atoms with Gasteiger partial charge < -0.3 is 10.1 Å². The van der Waals surface area contributed by atoms with Gasteiger partial charge in [-0.1, -0.05) is 12.1 Å². The minimum atomic E-state index is -0.112. The Hall–Kier alpha value is -1.66. The zero-order chi connectivity index (χ0) is 14.8. The van der Waals surface area contributed by atoms with Crippen LogP contribution in [-0.2, 0) is 31.4 Å². The lowest BCUT2D eigenvalue weighted by atomic mass is 10.1. The normalized spacial score (nSPS) is 13.8. The van der Waals surface area contributed by atoms with Crippen molar-refractivity contribution in [3.05, 3.63) is 51.3 Å². The van der Waals surface area contributed by atoms with Crippen LogP contribution in [0.15, 0.2) is 28.7 Å².